The SMILES string of the molecule is COc1cccc(C(=O)N(CCC#N)CCC#N)c1N. The standard InChI is InChI=1S/C14H16N4O2/c1-20-12-6-2-5-11(13(12)17)14(19)18(9-3-7-15)10-4-8-16/h2,5-6H,3-4,9-10,17H2,1H3. The van der Waals surface area contributed by atoms with Gasteiger partial charge in [0.25, 0.3) is 5.91 Å². The second-order valence-corrected chi connectivity index (χ2v) is 4.03. The molecule has 0 aromatic heterocycles. The van der Waals surface area contributed by atoms with Crippen LogP contribution in [0.15, 0.2) is 18.2 Å². The molecule has 0 saturated carbocycles. The highest BCUT2D eigenvalue weighted by atomic mass is 16.5. The van der Waals surface area contributed by atoms with Crippen molar-refractivity contribution in [3.8, 4) is 17.9 Å². The normalized spacial score (nSPS) is 9.35. The fourth-order valence-corrected chi connectivity index (χ4v) is 1.76. The van der Waals surface area contributed by atoms with Crippen LogP contribution in [0.1, 0.15) is 23.2 Å². The topological polar surface area (TPSA) is 103 Å². The molecule has 0 saturated heterocycles. The largest absolute Gasteiger partial charge is 0.495 e. The van der Waals surface area contributed by atoms with E-state index in [4.69, 9.17) is 21.0 Å². The Hall–Kier alpha value is -2.73. The van der Waals surface area contributed by atoms with Crippen LogP contribution in [0.2, 0.25) is 0 Å². The van der Waals surface area contributed by atoms with Crippen molar-refractivity contribution < 1.29 is 9.53 Å². The maximum atomic E-state index is 12.4. The van der Waals surface area contributed by atoms with Crippen molar-refractivity contribution in [2.75, 3.05) is 25.9 Å². The number of para-hydroxylation sites is 1. The van der Waals surface area contributed by atoms with Crippen LogP contribution in [0, 0.1) is 22.7 Å². The Kier molecular flexibility index (Phi) is 5.86. The molecule has 0 aliphatic carbocycles. The van der Waals surface area contributed by atoms with E-state index >= 15 is 0 Å². The molecule has 1 amide bonds. The summed E-state index contributed by atoms with van der Waals surface area (Å²) in [6.07, 6.45) is 0.419. The van der Waals surface area contributed by atoms with E-state index in [1.54, 1.807) is 18.2 Å². The number of methoxy groups -OCH3 is 1. The quantitative estimate of drug-likeness (QED) is 0.791. The van der Waals surface area contributed by atoms with Gasteiger partial charge in [-0.05, 0) is 12.1 Å². The zero-order valence-corrected chi connectivity index (χ0v) is 11.3. The van der Waals surface area contributed by atoms with Gasteiger partial charge in [0, 0.05) is 13.1 Å². The average Bonchev–Trinajstić information content (AvgIpc) is 2.47. The number of carbonyl (C=O) groups excluding carboxylic acids is 1. The molecule has 104 valence electrons. The molecule has 0 heterocycles. The molecule has 6 nitrogen and oxygen atoms in total. The molecule has 1 aromatic rings. The van der Waals surface area contributed by atoms with Gasteiger partial charge >= 0.3 is 0 Å². The number of hydrogen-bond donors (Lipinski definition) is 1. The first-order chi connectivity index (χ1) is 9.65. The van der Waals surface area contributed by atoms with E-state index in [0.717, 1.165) is 0 Å². The van der Waals surface area contributed by atoms with E-state index in [9.17, 15) is 4.79 Å². The number of amides is 1. The van der Waals surface area contributed by atoms with Crippen LogP contribution in [0.25, 0.3) is 0 Å². The van der Waals surface area contributed by atoms with E-state index in [1.807, 2.05) is 12.1 Å². The van der Waals surface area contributed by atoms with Crippen LogP contribution in [-0.4, -0.2) is 31.0 Å². The van der Waals surface area contributed by atoms with Crippen LogP contribution < -0.4 is 10.5 Å². The zero-order valence-electron chi connectivity index (χ0n) is 11.3. The van der Waals surface area contributed by atoms with Crippen LogP contribution in [0.5, 0.6) is 5.75 Å². The Morgan fingerprint density at radius 1 is 1.30 bits per heavy atom. The van der Waals surface area contributed by atoms with Crippen molar-refractivity contribution >= 4 is 11.6 Å². The summed E-state index contributed by atoms with van der Waals surface area (Å²) in [4.78, 5) is 13.9. The molecule has 20 heavy (non-hydrogen) atoms. The Bertz CT molecular complexity index is 539. The summed E-state index contributed by atoms with van der Waals surface area (Å²) in [5, 5.41) is 17.3. The molecule has 1 aromatic carbocycles. The van der Waals surface area contributed by atoms with Crippen LogP contribution in [-0.2, 0) is 0 Å². The van der Waals surface area contributed by atoms with Gasteiger partial charge in [0.2, 0.25) is 0 Å². The molecule has 0 unspecified atom stereocenters. The molecule has 0 spiro atoms. The second-order valence-electron chi connectivity index (χ2n) is 4.03. The minimum absolute atomic E-state index is 0.209. The predicted molar refractivity (Wildman–Crippen MR) is 73.8 cm³/mol. The minimum Gasteiger partial charge on any atom is -0.495 e. The number of nitrogen functional groups attached to an aromatic ring is 1. The minimum atomic E-state index is -0.299. The summed E-state index contributed by atoms with van der Waals surface area (Å²) in [7, 11) is 1.48. The molecule has 0 bridgehead atoms. The summed E-state index contributed by atoms with van der Waals surface area (Å²) < 4.78 is 5.08. The molecule has 0 aliphatic heterocycles. The van der Waals surface area contributed by atoms with Gasteiger partial charge in [0.05, 0.1) is 43.3 Å². The first-order valence-electron chi connectivity index (χ1n) is 6.11. The second kappa shape index (κ2) is 7.65. The first kappa shape index (κ1) is 15.3. The summed E-state index contributed by atoms with van der Waals surface area (Å²) in [6.45, 7) is 0.543. The van der Waals surface area contributed by atoms with E-state index < -0.39 is 0 Å². The number of nitrogens with two attached hydrogens (primary N) is 1. The molecule has 1 rings (SSSR count). The molecular formula is C14H16N4O2. The van der Waals surface area contributed by atoms with Gasteiger partial charge in [0.1, 0.15) is 5.75 Å². The molecule has 0 fully saturated rings. The number of ether oxygens (including phenoxy) is 1. The highest BCUT2D eigenvalue weighted by molar-refractivity contribution is 6.00. The van der Waals surface area contributed by atoms with Crippen LogP contribution in [0.3, 0.4) is 0 Å². The third kappa shape index (κ3) is 3.63. The molecule has 2 N–H and O–H groups in total. The summed E-state index contributed by atoms with van der Waals surface area (Å²) >= 11 is 0. The van der Waals surface area contributed by atoms with Gasteiger partial charge in [-0.3, -0.25) is 4.79 Å². The van der Waals surface area contributed by atoms with Crippen molar-refractivity contribution in [3.05, 3.63) is 23.8 Å². The fourth-order valence-electron chi connectivity index (χ4n) is 1.76. The van der Waals surface area contributed by atoms with Crippen LogP contribution in [0.4, 0.5) is 5.69 Å². The third-order valence-electron chi connectivity index (χ3n) is 2.79. The monoisotopic (exact) mass is 272 g/mol. The van der Waals surface area contributed by atoms with Gasteiger partial charge in [-0.25, -0.2) is 0 Å². The van der Waals surface area contributed by atoms with Gasteiger partial charge in [0.15, 0.2) is 0 Å². The van der Waals surface area contributed by atoms with Crippen LogP contribution >= 0.6 is 0 Å². The van der Waals surface area contributed by atoms with E-state index in [-0.39, 0.29) is 37.5 Å². The Balaban J connectivity index is 3.00. The third-order valence-corrected chi connectivity index (χ3v) is 2.79. The van der Waals surface area contributed by atoms with E-state index in [1.165, 1.54) is 12.0 Å². The molecule has 0 aliphatic rings. The number of carbonyl (C=O) groups is 1. The van der Waals surface area contributed by atoms with E-state index in [0.29, 0.717) is 11.3 Å². The molecule has 0 atom stereocenters. The van der Waals surface area contributed by atoms with Gasteiger partial charge in [-0.15, -0.1) is 0 Å². The Labute approximate surface area is 118 Å². The maximum Gasteiger partial charge on any atom is 0.256 e. The summed E-state index contributed by atoms with van der Waals surface area (Å²) in [6, 6.07) is 8.92. The lowest BCUT2D eigenvalue weighted by Gasteiger charge is -2.21. The molecule has 0 radical (unpaired) electrons. The van der Waals surface area contributed by atoms with Crippen molar-refractivity contribution in [1.29, 1.82) is 10.5 Å². The maximum absolute atomic E-state index is 12.4. The lowest BCUT2D eigenvalue weighted by Crippen LogP contribution is -2.33. The summed E-state index contributed by atoms with van der Waals surface area (Å²) in [5.41, 5.74) is 6.47. The lowest BCUT2D eigenvalue weighted by molar-refractivity contribution is 0.0763. The number of hydrogen-bond acceptors (Lipinski definition) is 5. The smallest absolute Gasteiger partial charge is 0.256 e. The predicted octanol–water partition coefficient (Wildman–Crippen LogP) is 1.55. The highest BCUT2D eigenvalue weighted by Gasteiger charge is 2.19. The van der Waals surface area contributed by atoms with Crippen molar-refractivity contribution in [3.63, 3.8) is 0 Å². The van der Waals surface area contributed by atoms with Crippen molar-refractivity contribution in [2.24, 2.45) is 0 Å². The lowest BCUT2D eigenvalue weighted by atomic mass is 10.1. The first-order valence-corrected chi connectivity index (χ1v) is 6.11. The number of nitriles is 2. The number of nitrogens with zero attached hydrogens (tertiary/aromatic N) is 3. The Morgan fingerprint density at radius 3 is 2.40 bits per heavy atom. The van der Waals surface area contributed by atoms with Crippen molar-refractivity contribution in [1.82, 2.24) is 4.90 Å². The summed E-state index contributed by atoms with van der Waals surface area (Å²) in [5.74, 6) is 0.128. The van der Waals surface area contributed by atoms with E-state index in [2.05, 4.69) is 0 Å². The highest BCUT2D eigenvalue weighted by Crippen LogP contribution is 2.25. The van der Waals surface area contributed by atoms with Gasteiger partial charge in [-0.2, -0.15) is 10.5 Å². The fraction of sp³-hybridized carbons (Fsp3) is 0.357. The zero-order chi connectivity index (χ0) is 15.0. The number of rotatable bonds is 6. The Morgan fingerprint density at radius 2 is 1.90 bits per heavy atom. The average molecular weight is 272 g/mol. The van der Waals surface area contributed by atoms with Gasteiger partial charge in [-0.1, -0.05) is 6.07 Å². The van der Waals surface area contributed by atoms with Gasteiger partial charge < -0.3 is 15.4 Å². The van der Waals surface area contributed by atoms with Crippen molar-refractivity contribution in [2.45, 2.75) is 12.8 Å². The molecular weight excluding hydrogens is 256 g/mol. The molecule has 6 heteroatoms. The number of anilines is 1. The number of benzene rings is 1.